The number of hydrogen-bond acceptors (Lipinski definition) is 3. The predicted molar refractivity (Wildman–Crippen MR) is 144 cm³/mol. The normalized spacial score (nSPS) is 12.6. The van der Waals surface area contributed by atoms with Gasteiger partial charge in [0.25, 0.3) is 5.91 Å². The molecule has 44 heavy (non-hydrogen) atoms. The van der Waals surface area contributed by atoms with Gasteiger partial charge in [-0.25, -0.2) is 4.39 Å². The lowest BCUT2D eigenvalue weighted by Crippen LogP contribution is -2.50. The number of aliphatic carboxylic acids is 1. The van der Waals surface area contributed by atoms with Gasteiger partial charge in [0.1, 0.15) is 0 Å². The highest BCUT2D eigenvalue weighted by molar-refractivity contribution is 14.1. The van der Waals surface area contributed by atoms with Crippen LogP contribution in [-0.4, -0.2) is 41.7 Å². The van der Waals surface area contributed by atoms with Gasteiger partial charge in [0.05, 0.1) is 12.0 Å². The quantitative estimate of drug-likeness (QED) is 0.136. The SMILES string of the molecule is O=C(O)CCN(C(=O)c1ccccc1)c1cccc(C(=O)Cc2c(I)cc(C(F)(C(F)(F)F)C(F)(F)F)cc2C(F)(F)F)c1. The van der Waals surface area contributed by atoms with Crippen LogP contribution in [0.25, 0.3) is 0 Å². The largest absolute Gasteiger partial charge is 0.481 e. The standard InChI is InChI=1S/C28H18F10INO4/c29-25(27(33,34)35,28(36,37)38)17-12-20(26(30,31)32)19(21(39)13-17)14-22(41)16-7-4-8-18(11-16)40(10-9-23(42)43)24(44)15-5-2-1-3-6-15/h1-8,11-13H,9-10,14H2,(H,42,43). The summed E-state index contributed by atoms with van der Waals surface area (Å²) in [5.74, 6) is -3.04. The lowest BCUT2D eigenvalue weighted by atomic mass is 9.89. The zero-order chi connectivity index (χ0) is 33.3. The van der Waals surface area contributed by atoms with Gasteiger partial charge in [-0.3, -0.25) is 14.4 Å². The number of nitrogens with zero attached hydrogens (tertiary/aromatic N) is 1. The zero-order valence-electron chi connectivity index (χ0n) is 21.7. The Morgan fingerprint density at radius 2 is 1.32 bits per heavy atom. The first-order chi connectivity index (χ1) is 20.2. The van der Waals surface area contributed by atoms with Crippen molar-refractivity contribution in [3.05, 3.63) is 98.1 Å². The molecule has 0 heterocycles. The molecule has 5 nitrogen and oxygen atoms in total. The van der Waals surface area contributed by atoms with E-state index in [2.05, 4.69) is 0 Å². The third-order valence-electron chi connectivity index (χ3n) is 6.31. The maximum Gasteiger partial charge on any atom is 0.435 e. The van der Waals surface area contributed by atoms with E-state index in [0.717, 1.165) is 39.6 Å². The lowest BCUT2D eigenvalue weighted by Gasteiger charge is -2.31. The van der Waals surface area contributed by atoms with Crippen LogP contribution in [-0.2, 0) is 23.1 Å². The van der Waals surface area contributed by atoms with Crippen LogP contribution in [0.15, 0.2) is 66.7 Å². The average Bonchev–Trinajstić information content (AvgIpc) is 2.92. The average molecular weight is 749 g/mol. The fourth-order valence-corrected chi connectivity index (χ4v) is 4.97. The molecule has 0 fully saturated rings. The summed E-state index contributed by atoms with van der Waals surface area (Å²) in [6, 6.07) is 11.6. The Bertz CT molecular complexity index is 1540. The molecule has 1 amide bonds. The van der Waals surface area contributed by atoms with E-state index in [9.17, 15) is 58.3 Å². The second-order valence-electron chi connectivity index (χ2n) is 9.25. The highest BCUT2D eigenvalue weighted by Crippen LogP contribution is 2.54. The first kappa shape index (κ1) is 34.8. The van der Waals surface area contributed by atoms with E-state index >= 15 is 0 Å². The number of carbonyl (C=O) groups excluding carboxylic acids is 2. The third kappa shape index (κ3) is 7.32. The summed E-state index contributed by atoms with van der Waals surface area (Å²) in [4.78, 5) is 38.4. The first-order valence-electron chi connectivity index (χ1n) is 12.1. The van der Waals surface area contributed by atoms with E-state index in [1.165, 1.54) is 36.4 Å². The van der Waals surface area contributed by atoms with Gasteiger partial charge in [-0.2, -0.15) is 39.5 Å². The Morgan fingerprint density at radius 3 is 1.84 bits per heavy atom. The zero-order valence-corrected chi connectivity index (χ0v) is 23.9. The van der Waals surface area contributed by atoms with Crippen molar-refractivity contribution < 1.29 is 63.4 Å². The number of halogens is 11. The van der Waals surface area contributed by atoms with E-state index in [1.54, 1.807) is 6.07 Å². The second-order valence-corrected chi connectivity index (χ2v) is 10.4. The van der Waals surface area contributed by atoms with Crippen LogP contribution in [0.5, 0.6) is 0 Å². The molecule has 0 spiro atoms. The van der Waals surface area contributed by atoms with Gasteiger partial charge in [-0.05, 0) is 64.6 Å². The van der Waals surface area contributed by atoms with E-state index in [1.807, 2.05) is 0 Å². The second kappa shape index (κ2) is 12.7. The molecule has 3 aromatic rings. The molecule has 0 bridgehead atoms. The molecule has 0 aliphatic heterocycles. The summed E-state index contributed by atoms with van der Waals surface area (Å²) >= 11 is 0.988. The van der Waals surface area contributed by atoms with E-state index < -0.39 is 81.0 Å². The maximum atomic E-state index is 14.6. The topological polar surface area (TPSA) is 74.7 Å². The minimum Gasteiger partial charge on any atom is -0.481 e. The molecule has 3 rings (SSSR count). The number of rotatable bonds is 9. The number of anilines is 1. The maximum absolute atomic E-state index is 14.6. The van der Waals surface area contributed by atoms with Crippen molar-refractivity contribution in [2.24, 2.45) is 0 Å². The van der Waals surface area contributed by atoms with E-state index in [-0.39, 0.29) is 29.4 Å². The molecular weight excluding hydrogens is 731 g/mol. The highest BCUT2D eigenvalue weighted by atomic mass is 127. The Labute approximate surface area is 255 Å². The molecule has 0 unspecified atom stereocenters. The van der Waals surface area contributed by atoms with Gasteiger partial charge in [-0.1, -0.05) is 30.3 Å². The molecule has 0 saturated carbocycles. The smallest absolute Gasteiger partial charge is 0.435 e. The lowest BCUT2D eigenvalue weighted by molar-refractivity contribution is -0.348. The van der Waals surface area contributed by atoms with Crippen LogP contribution in [0.2, 0.25) is 0 Å². The van der Waals surface area contributed by atoms with Gasteiger partial charge >= 0.3 is 30.2 Å². The molecule has 236 valence electrons. The minimum atomic E-state index is -6.67. The van der Waals surface area contributed by atoms with Crippen molar-refractivity contribution in [2.45, 2.75) is 37.0 Å². The number of ketones is 1. The molecule has 0 radical (unpaired) electrons. The third-order valence-corrected chi connectivity index (χ3v) is 7.27. The number of carbonyl (C=O) groups is 3. The van der Waals surface area contributed by atoms with E-state index in [0.29, 0.717) is 0 Å². The number of carboxylic acid groups (broad SMARTS) is 1. The van der Waals surface area contributed by atoms with Crippen molar-refractivity contribution in [1.82, 2.24) is 0 Å². The summed E-state index contributed by atoms with van der Waals surface area (Å²) in [5.41, 5.74) is -11.8. The Balaban J connectivity index is 2.07. The summed E-state index contributed by atoms with van der Waals surface area (Å²) in [6.45, 7) is -0.373. The molecule has 3 aromatic carbocycles. The van der Waals surface area contributed by atoms with Crippen molar-refractivity contribution in [1.29, 1.82) is 0 Å². The Kier molecular flexibility index (Phi) is 10.1. The number of benzene rings is 3. The van der Waals surface area contributed by atoms with E-state index in [4.69, 9.17) is 5.11 Å². The van der Waals surface area contributed by atoms with Crippen molar-refractivity contribution in [3.63, 3.8) is 0 Å². The molecular formula is C28H18F10INO4. The number of amides is 1. The molecule has 16 heteroatoms. The number of alkyl halides is 10. The van der Waals surface area contributed by atoms with Crippen molar-refractivity contribution >= 4 is 45.9 Å². The number of Topliss-reactive ketones (excluding diaryl/α,β-unsaturated/α-hetero) is 1. The molecule has 0 aromatic heterocycles. The number of carboxylic acids is 1. The molecule has 0 atom stereocenters. The van der Waals surface area contributed by atoms with Crippen LogP contribution in [0.1, 0.15) is 43.8 Å². The van der Waals surface area contributed by atoms with Gasteiger partial charge in [0, 0.05) is 38.9 Å². The van der Waals surface area contributed by atoms with Crippen LogP contribution in [0, 0.1) is 3.57 Å². The summed E-state index contributed by atoms with van der Waals surface area (Å²) in [5, 5.41) is 9.11. The summed E-state index contributed by atoms with van der Waals surface area (Å²) in [7, 11) is 0. The Morgan fingerprint density at radius 1 is 0.750 bits per heavy atom. The van der Waals surface area contributed by atoms with Crippen LogP contribution >= 0.6 is 22.6 Å². The summed E-state index contributed by atoms with van der Waals surface area (Å²) < 4.78 is 135. The van der Waals surface area contributed by atoms with Crippen molar-refractivity contribution in [2.75, 3.05) is 11.4 Å². The monoisotopic (exact) mass is 749 g/mol. The highest BCUT2D eigenvalue weighted by Gasteiger charge is 2.73. The fraction of sp³-hybridized carbons (Fsp3) is 0.250. The van der Waals surface area contributed by atoms with Crippen molar-refractivity contribution in [3.8, 4) is 0 Å². The summed E-state index contributed by atoms with van der Waals surface area (Å²) in [6.07, 6.45) is -20.6. The van der Waals surface area contributed by atoms with Gasteiger partial charge < -0.3 is 10.0 Å². The van der Waals surface area contributed by atoms with Gasteiger partial charge in [-0.15, -0.1) is 0 Å². The van der Waals surface area contributed by atoms with Crippen LogP contribution in [0.4, 0.5) is 49.6 Å². The van der Waals surface area contributed by atoms with Crippen LogP contribution < -0.4 is 4.90 Å². The minimum absolute atomic E-state index is 0.0235. The fourth-order valence-electron chi connectivity index (χ4n) is 4.16. The first-order valence-corrected chi connectivity index (χ1v) is 13.2. The predicted octanol–water partition coefficient (Wildman–Crippen LogP) is 8.15. The van der Waals surface area contributed by atoms with Gasteiger partial charge in [0.2, 0.25) is 0 Å². The van der Waals surface area contributed by atoms with Gasteiger partial charge in [0.15, 0.2) is 5.78 Å². The molecule has 0 aliphatic rings. The molecule has 0 saturated heterocycles. The Hall–Kier alpha value is -3.70. The van der Waals surface area contributed by atoms with Crippen LogP contribution in [0.3, 0.4) is 0 Å². The molecule has 0 aliphatic carbocycles. The number of hydrogen-bond donors (Lipinski definition) is 1. The molecule has 1 N–H and O–H groups in total.